The fraction of sp³-hybridized carbons (Fsp3) is 0.600. The zero-order chi connectivity index (χ0) is 5.54. The van der Waals surface area contributed by atoms with Crippen LogP contribution in [0.25, 0.3) is 0 Å². The third-order valence-corrected chi connectivity index (χ3v) is 1.86. The van der Waals surface area contributed by atoms with Crippen molar-refractivity contribution in [2.24, 2.45) is 0 Å². The van der Waals surface area contributed by atoms with Gasteiger partial charge in [-0.05, 0) is 21.4 Å². The van der Waals surface area contributed by atoms with E-state index in [9.17, 15) is 0 Å². The summed E-state index contributed by atoms with van der Waals surface area (Å²) in [4.78, 5) is 0. The minimum Gasteiger partial charge on any atom is -0.0864 e. The standard InChI is InChI=1S/C5H8I2/c6-4-2-1-3-5-7/h2,4H,1,3,5H2/b4-2-. The topological polar surface area (TPSA) is 0 Å². The molecule has 0 saturated carbocycles. The first kappa shape index (κ1) is 8.20. The van der Waals surface area contributed by atoms with E-state index < -0.39 is 0 Å². The second-order valence-electron chi connectivity index (χ2n) is 1.19. The fourth-order valence-corrected chi connectivity index (χ4v) is 1.06. The monoisotopic (exact) mass is 322 g/mol. The molecule has 42 valence electrons. The van der Waals surface area contributed by atoms with Gasteiger partial charge in [0.15, 0.2) is 0 Å². The van der Waals surface area contributed by atoms with Crippen molar-refractivity contribution in [2.45, 2.75) is 12.8 Å². The van der Waals surface area contributed by atoms with Gasteiger partial charge in [-0.2, -0.15) is 0 Å². The Morgan fingerprint density at radius 1 is 1.43 bits per heavy atom. The van der Waals surface area contributed by atoms with Crippen LogP contribution in [-0.2, 0) is 0 Å². The van der Waals surface area contributed by atoms with E-state index in [1.807, 2.05) is 0 Å². The van der Waals surface area contributed by atoms with Crippen molar-refractivity contribution in [1.29, 1.82) is 0 Å². The maximum atomic E-state index is 2.39. The Morgan fingerprint density at radius 3 is 2.57 bits per heavy atom. The number of rotatable bonds is 3. The Labute approximate surface area is 72.0 Å². The van der Waals surface area contributed by atoms with Gasteiger partial charge in [0.2, 0.25) is 0 Å². The van der Waals surface area contributed by atoms with Crippen LogP contribution in [0.4, 0.5) is 0 Å². The number of unbranched alkanes of at least 4 members (excludes halogenated alkanes) is 1. The molecule has 0 rings (SSSR count). The van der Waals surface area contributed by atoms with Crippen LogP contribution in [0.5, 0.6) is 0 Å². The van der Waals surface area contributed by atoms with Gasteiger partial charge in [-0.1, -0.05) is 51.3 Å². The molecule has 0 aliphatic heterocycles. The highest BCUT2D eigenvalue weighted by molar-refractivity contribution is 14.1. The maximum absolute atomic E-state index is 2.39. The highest BCUT2D eigenvalue weighted by atomic mass is 127. The molecule has 2 heteroatoms. The Balaban J connectivity index is 2.69. The van der Waals surface area contributed by atoms with Crippen molar-refractivity contribution in [3.63, 3.8) is 0 Å². The number of hydrogen-bond donors (Lipinski definition) is 0. The summed E-state index contributed by atoms with van der Waals surface area (Å²) >= 11 is 4.63. The lowest BCUT2D eigenvalue weighted by Crippen LogP contribution is -1.67. The Bertz CT molecular complexity index is 50.0. The molecule has 0 aliphatic carbocycles. The van der Waals surface area contributed by atoms with Crippen LogP contribution >= 0.6 is 45.2 Å². The van der Waals surface area contributed by atoms with Crippen LogP contribution in [0.2, 0.25) is 0 Å². The normalized spacial score (nSPS) is 10.6. The molecule has 0 unspecified atom stereocenters. The minimum atomic E-state index is 1.24. The minimum absolute atomic E-state index is 1.24. The van der Waals surface area contributed by atoms with Gasteiger partial charge in [-0.3, -0.25) is 0 Å². The third kappa shape index (κ3) is 7.20. The lowest BCUT2D eigenvalue weighted by atomic mass is 10.3. The molecule has 0 spiro atoms. The number of halogens is 2. The average Bonchev–Trinajstić information content (AvgIpc) is 1.69. The highest BCUT2D eigenvalue weighted by Crippen LogP contribution is 1.96. The van der Waals surface area contributed by atoms with Crippen LogP contribution in [0.3, 0.4) is 0 Å². The van der Waals surface area contributed by atoms with E-state index in [1.165, 1.54) is 17.3 Å². The van der Waals surface area contributed by atoms with Crippen molar-refractivity contribution in [2.75, 3.05) is 4.43 Å². The summed E-state index contributed by atoms with van der Waals surface area (Å²) in [5.41, 5.74) is 0. The molecule has 0 aliphatic rings. The number of alkyl halides is 1. The first-order chi connectivity index (χ1) is 3.41. The molecule has 0 heterocycles. The second-order valence-corrected chi connectivity index (χ2v) is 2.99. The van der Waals surface area contributed by atoms with Crippen LogP contribution < -0.4 is 0 Å². The van der Waals surface area contributed by atoms with Crippen molar-refractivity contribution < 1.29 is 0 Å². The SMILES string of the molecule is I/C=C\CCCI. The van der Waals surface area contributed by atoms with Gasteiger partial charge in [-0.25, -0.2) is 0 Å². The Hall–Kier alpha value is 1.20. The van der Waals surface area contributed by atoms with Crippen molar-refractivity contribution in [3.8, 4) is 0 Å². The van der Waals surface area contributed by atoms with Gasteiger partial charge in [0.25, 0.3) is 0 Å². The van der Waals surface area contributed by atoms with Crippen molar-refractivity contribution in [1.82, 2.24) is 0 Å². The van der Waals surface area contributed by atoms with Gasteiger partial charge in [0.05, 0.1) is 0 Å². The van der Waals surface area contributed by atoms with E-state index in [2.05, 4.69) is 55.3 Å². The van der Waals surface area contributed by atoms with Gasteiger partial charge in [0.1, 0.15) is 0 Å². The first-order valence-corrected chi connectivity index (χ1v) is 5.00. The highest BCUT2D eigenvalue weighted by Gasteiger charge is 1.74. The van der Waals surface area contributed by atoms with E-state index in [1.54, 1.807) is 0 Å². The van der Waals surface area contributed by atoms with E-state index in [0.29, 0.717) is 0 Å². The molecule has 0 saturated heterocycles. The van der Waals surface area contributed by atoms with Gasteiger partial charge in [-0.15, -0.1) is 0 Å². The molecule has 0 nitrogen and oxygen atoms in total. The summed E-state index contributed by atoms with van der Waals surface area (Å²) in [7, 11) is 0. The van der Waals surface area contributed by atoms with Crippen LogP contribution in [-0.4, -0.2) is 4.43 Å². The molecule has 7 heavy (non-hydrogen) atoms. The lowest BCUT2D eigenvalue weighted by Gasteiger charge is -1.82. The summed E-state index contributed by atoms with van der Waals surface area (Å²) in [5.74, 6) is 0. The molecule has 0 amide bonds. The first-order valence-electron chi connectivity index (χ1n) is 2.23. The molecule has 0 N–H and O–H groups in total. The Morgan fingerprint density at radius 2 is 2.14 bits per heavy atom. The predicted molar refractivity (Wildman–Crippen MR) is 51.3 cm³/mol. The smallest absolute Gasteiger partial charge is 0.000178 e. The molecule has 0 fully saturated rings. The van der Waals surface area contributed by atoms with Crippen LogP contribution in [0.1, 0.15) is 12.8 Å². The quantitative estimate of drug-likeness (QED) is 0.425. The van der Waals surface area contributed by atoms with Crippen molar-refractivity contribution >= 4 is 45.2 Å². The molecule has 0 aromatic rings. The van der Waals surface area contributed by atoms with Gasteiger partial charge >= 0.3 is 0 Å². The third-order valence-electron chi connectivity index (χ3n) is 0.594. The molecular formula is C5H8I2. The number of hydrogen-bond acceptors (Lipinski definition) is 0. The fourth-order valence-electron chi connectivity index (χ4n) is 0.258. The summed E-state index contributed by atoms with van der Waals surface area (Å²) in [6, 6.07) is 0. The van der Waals surface area contributed by atoms with Gasteiger partial charge in [0, 0.05) is 0 Å². The molecule has 0 aromatic carbocycles. The van der Waals surface area contributed by atoms with Crippen LogP contribution in [0, 0.1) is 0 Å². The average molecular weight is 322 g/mol. The molecule has 0 bridgehead atoms. The summed E-state index contributed by atoms with van der Waals surface area (Å²) in [6.45, 7) is 0. The van der Waals surface area contributed by atoms with E-state index >= 15 is 0 Å². The molecule has 0 aromatic heterocycles. The summed E-state index contributed by atoms with van der Waals surface area (Å²) in [5, 5.41) is 0. The lowest BCUT2D eigenvalue weighted by molar-refractivity contribution is 0.989. The number of allylic oxidation sites excluding steroid dienone is 1. The van der Waals surface area contributed by atoms with E-state index in [0.717, 1.165) is 0 Å². The van der Waals surface area contributed by atoms with E-state index in [-0.39, 0.29) is 0 Å². The molecule has 0 radical (unpaired) electrons. The zero-order valence-electron chi connectivity index (χ0n) is 4.03. The maximum Gasteiger partial charge on any atom is -0.000178 e. The summed E-state index contributed by atoms with van der Waals surface area (Å²) in [6.07, 6.45) is 4.76. The predicted octanol–water partition coefficient (Wildman–Crippen LogP) is 3.15. The largest absolute Gasteiger partial charge is 0.0864 e. The van der Waals surface area contributed by atoms with Crippen LogP contribution in [0.15, 0.2) is 10.2 Å². The second kappa shape index (κ2) is 7.20. The van der Waals surface area contributed by atoms with Crippen molar-refractivity contribution in [3.05, 3.63) is 10.2 Å². The molecular weight excluding hydrogens is 314 g/mol. The summed E-state index contributed by atoms with van der Waals surface area (Å²) < 4.78 is 3.35. The molecule has 0 atom stereocenters. The zero-order valence-corrected chi connectivity index (χ0v) is 8.35. The Kier molecular flexibility index (Phi) is 8.43. The van der Waals surface area contributed by atoms with Gasteiger partial charge < -0.3 is 0 Å². The van der Waals surface area contributed by atoms with E-state index in [4.69, 9.17) is 0 Å².